The Bertz CT molecular complexity index is 1270. The minimum absolute atomic E-state index is 0.293. The van der Waals surface area contributed by atoms with Crippen LogP contribution >= 0.6 is 11.6 Å². The number of hydrazone groups is 1. The molecule has 3 aromatic carbocycles. The predicted octanol–water partition coefficient (Wildman–Crippen LogP) is 5.08. The van der Waals surface area contributed by atoms with E-state index >= 15 is 0 Å². The highest BCUT2D eigenvalue weighted by atomic mass is 35.5. The Kier molecular flexibility index (Phi) is 7.02. The van der Waals surface area contributed by atoms with E-state index < -0.39 is 5.91 Å². The van der Waals surface area contributed by atoms with Crippen molar-refractivity contribution < 1.29 is 14.3 Å². The van der Waals surface area contributed by atoms with E-state index in [2.05, 4.69) is 20.7 Å². The first-order chi connectivity index (χ1) is 16.1. The van der Waals surface area contributed by atoms with Gasteiger partial charge in [0, 0.05) is 21.7 Å². The Morgan fingerprint density at radius 1 is 1.09 bits per heavy atom. The first-order valence-electron chi connectivity index (χ1n) is 10.1. The molecule has 1 heterocycles. The molecule has 0 saturated heterocycles. The van der Waals surface area contributed by atoms with Crippen molar-refractivity contribution in [3.63, 3.8) is 0 Å². The lowest BCUT2D eigenvalue weighted by Gasteiger charge is -2.08. The molecule has 0 unspecified atom stereocenters. The Hall–Kier alpha value is -4.10. The molecule has 166 valence electrons. The van der Waals surface area contributed by atoms with Gasteiger partial charge in [-0.15, -0.1) is 0 Å². The zero-order valence-electron chi connectivity index (χ0n) is 17.8. The molecule has 0 saturated carbocycles. The van der Waals surface area contributed by atoms with Gasteiger partial charge in [-0.2, -0.15) is 10.2 Å². The SMILES string of the molecule is COc1ccccc1/C=N\NC(=O)c1cc(-c2ccc(OCc3ccccc3Cl)cc2)n[nH]1. The van der Waals surface area contributed by atoms with Gasteiger partial charge in [-0.25, -0.2) is 5.43 Å². The Morgan fingerprint density at radius 3 is 2.64 bits per heavy atom. The monoisotopic (exact) mass is 460 g/mol. The number of rotatable bonds is 8. The van der Waals surface area contributed by atoms with Gasteiger partial charge in [0.25, 0.3) is 5.91 Å². The largest absolute Gasteiger partial charge is 0.496 e. The van der Waals surface area contributed by atoms with E-state index in [0.717, 1.165) is 16.7 Å². The summed E-state index contributed by atoms with van der Waals surface area (Å²) in [5, 5.41) is 11.6. The van der Waals surface area contributed by atoms with Crippen LogP contribution in [0, 0.1) is 0 Å². The van der Waals surface area contributed by atoms with Crippen LogP contribution in [-0.2, 0) is 6.61 Å². The number of H-pyrrole nitrogens is 1. The number of amides is 1. The van der Waals surface area contributed by atoms with Crippen LogP contribution in [0.25, 0.3) is 11.3 Å². The number of methoxy groups -OCH3 is 1. The van der Waals surface area contributed by atoms with Crippen LogP contribution in [0.15, 0.2) is 84.0 Å². The molecular formula is C25H21ClN4O3. The zero-order chi connectivity index (χ0) is 23.0. The van der Waals surface area contributed by atoms with E-state index in [-0.39, 0.29) is 0 Å². The number of nitrogens with zero attached hydrogens (tertiary/aromatic N) is 2. The number of carbonyl (C=O) groups excluding carboxylic acids is 1. The number of hydrogen-bond acceptors (Lipinski definition) is 5. The van der Waals surface area contributed by atoms with Crippen molar-refractivity contribution in [1.82, 2.24) is 15.6 Å². The van der Waals surface area contributed by atoms with Crippen LogP contribution in [0.5, 0.6) is 11.5 Å². The molecule has 4 aromatic rings. The maximum Gasteiger partial charge on any atom is 0.289 e. The number of halogens is 1. The normalized spacial score (nSPS) is 10.8. The summed E-state index contributed by atoms with van der Waals surface area (Å²) in [4.78, 5) is 12.4. The molecule has 0 spiro atoms. The maximum atomic E-state index is 12.4. The summed E-state index contributed by atoms with van der Waals surface area (Å²) in [7, 11) is 1.58. The van der Waals surface area contributed by atoms with E-state index in [0.29, 0.717) is 34.5 Å². The van der Waals surface area contributed by atoms with Gasteiger partial charge in [0.15, 0.2) is 0 Å². The number of aromatic nitrogens is 2. The second kappa shape index (κ2) is 10.5. The van der Waals surface area contributed by atoms with Crippen molar-refractivity contribution in [3.8, 4) is 22.8 Å². The molecule has 7 nitrogen and oxygen atoms in total. The van der Waals surface area contributed by atoms with Gasteiger partial charge in [0.2, 0.25) is 0 Å². The molecule has 2 N–H and O–H groups in total. The molecule has 0 aliphatic heterocycles. The lowest BCUT2D eigenvalue weighted by atomic mass is 10.1. The van der Waals surface area contributed by atoms with Crippen LogP contribution < -0.4 is 14.9 Å². The van der Waals surface area contributed by atoms with Gasteiger partial charge in [0.1, 0.15) is 23.8 Å². The van der Waals surface area contributed by atoms with Crippen LogP contribution in [0.1, 0.15) is 21.6 Å². The summed E-state index contributed by atoms with van der Waals surface area (Å²) in [5.41, 5.74) is 5.92. The van der Waals surface area contributed by atoms with E-state index in [1.807, 2.05) is 72.8 Å². The lowest BCUT2D eigenvalue weighted by molar-refractivity contribution is 0.0950. The van der Waals surface area contributed by atoms with Crippen LogP contribution in [0.2, 0.25) is 5.02 Å². The Morgan fingerprint density at radius 2 is 1.85 bits per heavy atom. The summed E-state index contributed by atoms with van der Waals surface area (Å²) in [6.07, 6.45) is 1.52. The van der Waals surface area contributed by atoms with Crippen molar-refractivity contribution in [3.05, 3.63) is 101 Å². The molecule has 0 bridgehead atoms. The van der Waals surface area contributed by atoms with Crippen molar-refractivity contribution >= 4 is 23.7 Å². The third-order valence-corrected chi connectivity index (χ3v) is 5.20. The summed E-state index contributed by atoms with van der Waals surface area (Å²) in [5.74, 6) is 0.969. The second-order valence-corrected chi connectivity index (χ2v) is 7.42. The van der Waals surface area contributed by atoms with Gasteiger partial charge < -0.3 is 9.47 Å². The second-order valence-electron chi connectivity index (χ2n) is 7.01. The Balaban J connectivity index is 1.36. The molecule has 0 atom stereocenters. The molecule has 4 rings (SSSR count). The number of nitrogens with one attached hydrogen (secondary N) is 2. The third-order valence-electron chi connectivity index (χ3n) is 4.83. The molecule has 0 aliphatic carbocycles. The van der Waals surface area contributed by atoms with Crippen LogP contribution in [0.4, 0.5) is 0 Å². The van der Waals surface area contributed by atoms with Gasteiger partial charge >= 0.3 is 0 Å². The first kappa shape index (κ1) is 22.1. The third kappa shape index (κ3) is 5.58. The highest BCUT2D eigenvalue weighted by molar-refractivity contribution is 6.31. The number of carbonyl (C=O) groups is 1. The Labute approximate surface area is 196 Å². The molecular weight excluding hydrogens is 440 g/mol. The number of para-hydroxylation sites is 1. The van der Waals surface area contributed by atoms with E-state index in [4.69, 9.17) is 21.1 Å². The quantitative estimate of drug-likeness (QED) is 0.283. The number of benzene rings is 3. The maximum absolute atomic E-state index is 12.4. The molecule has 0 fully saturated rings. The first-order valence-corrected chi connectivity index (χ1v) is 10.5. The van der Waals surface area contributed by atoms with Gasteiger partial charge in [0.05, 0.1) is 19.0 Å². The molecule has 8 heteroatoms. The summed E-state index contributed by atoms with van der Waals surface area (Å²) >= 11 is 6.16. The van der Waals surface area contributed by atoms with Crippen molar-refractivity contribution in [2.24, 2.45) is 5.10 Å². The summed E-state index contributed by atoms with van der Waals surface area (Å²) < 4.78 is 11.1. The fourth-order valence-electron chi connectivity index (χ4n) is 3.08. The van der Waals surface area contributed by atoms with E-state index in [9.17, 15) is 4.79 Å². The standard InChI is InChI=1S/C25H21ClN4O3/c1-32-24-9-5-3-6-18(24)15-27-30-25(31)23-14-22(28-29-23)17-10-12-20(13-11-17)33-16-19-7-2-4-8-21(19)26/h2-15H,16H2,1H3,(H,28,29)(H,30,31)/b27-15-. The van der Waals surface area contributed by atoms with Crippen molar-refractivity contribution in [1.29, 1.82) is 0 Å². The molecule has 0 radical (unpaired) electrons. The fourth-order valence-corrected chi connectivity index (χ4v) is 3.27. The predicted molar refractivity (Wildman–Crippen MR) is 128 cm³/mol. The van der Waals surface area contributed by atoms with Crippen LogP contribution in [-0.4, -0.2) is 29.4 Å². The topological polar surface area (TPSA) is 88.6 Å². The minimum atomic E-state index is -0.403. The van der Waals surface area contributed by atoms with Crippen molar-refractivity contribution in [2.45, 2.75) is 6.61 Å². The highest BCUT2D eigenvalue weighted by Crippen LogP contribution is 2.23. The smallest absolute Gasteiger partial charge is 0.289 e. The van der Waals surface area contributed by atoms with Gasteiger partial charge in [-0.3, -0.25) is 9.89 Å². The zero-order valence-corrected chi connectivity index (χ0v) is 18.5. The van der Waals surface area contributed by atoms with E-state index in [1.165, 1.54) is 6.21 Å². The fraction of sp³-hybridized carbons (Fsp3) is 0.0800. The summed E-state index contributed by atoms with van der Waals surface area (Å²) in [6.45, 7) is 0.376. The molecule has 1 amide bonds. The minimum Gasteiger partial charge on any atom is -0.496 e. The number of hydrogen-bond donors (Lipinski definition) is 2. The average Bonchev–Trinajstić information content (AvgIpc) is 3.35. The van der Waals surface area contributed by atoms with Crippen LogP contribution in [0.3, 0.4) is 0 Å². The molecule has 33 heavy (non-hydrogen) atoms. The van der Waals surface area contributed by atoms with E-state index in [1.54, 1.807) is 13.2 Å². The lowest BCUT2D eigenvalue weighted by Crippen LogP contribution is -2.18. The number of ether oxygens (including phenoxy) is 2. The highest BCUT2D eigenvalue weighted by Gasteiger charge is 2.11. The average molecular weight is 461 g/mol. The summed E-state index contributed by atoms with van der Waals surface area (Å²) in [6, 6.07) is 24.0. The van der Waals surface area contributed by atoms with Gasteiger partial charge in [-0.05, 0) is 48.5 Å². The molecule has 0 aliphatic rings. The van der Waals surface area contributed by atoms with Gasteiger partial charge in [-0.1, -0.05) is 41.9 Å². The molecule has 1 aromatic heterocycles. The van der Waals surface area contributed by atoms with Crippen molar-refractivity contribution in [2.75, 3.05) is 7.11 Å². The number of aromatic amines is 1.